The molecular weight excluding hydrogens is 625 g/mol. The van der Waals surface area contributed by atoms with Gasteiger partial charge in [0.2, 0.25) is 0 Å². The highest BCUT2D eigenvalue weighted by Crippen LogP contribution is 2.19. The molecular formula is C38H26N10Si. The highest BCUT2D eigenvalue weighted by atomic mass is 28.3. The maximum atomic E-state index is 5.12. The Bertz CT molecular complexity index is 1940. The summed E-state index contributed by atoms with van der Waals surface area (Å²) in [4.78, 5) is 47.4. The molecule has 1 aromatic carbocycles. The fourth-order valence-corrected chi connectivity index (χ4v) is 9.57. The maximum Gasteiger partial charge on any atom is 0.267 e. The summed E-state index contributed by atoms with van der Waals surface area (Å²) in [5.74, 6) is 0. The predicted molar refractivity (Wildman–Crippen MR) is 190 cm³/mol. The molecule has 0 saturated heterocycles. The number of aromatic nitrogens is 10. The van der Waals surface area contributed by atoms with Crippen LogP contribution in [0.4, 0.5) is 0 Å². The molecule has 0 N–H and O–H groups in total. The van der Waals surface area contributed by atoms with E-state index in [1.165, 1.54) is 6.33 Å². The van der Waals surface area contributed by atoms with Crippen LogP contribution in [0.2, 0.25) is 0 Å². The van der Waals surface area contributed by atoms with E-state index in [9.17, 15) is 0 Å². The average molecular weight is 651 g/mol. The molecule has 7 aromatic heterocycles. The van der Waals surface area contributed by atoms with E-state index in [1.54, 1.807) is 43.2 Å². The minimum absolute atomic E-state index is 0.623. The fourth-order valence-electron chi connectivity index (χ4n) is 5.78. The van der Waals surface area contributed by atoms with Crippen LogP contribution in [-0.4, -0.2) is 57.9 Å². The molecule has 8 aromatic rings. The summed E-state index contributed by atoms with van der Waals surface area (Å²) in [5, 5.41) is 2.98. The lowest BCUT2D eigenvalue weighted by molar-refractivity contribution is 1.14. The topological polar surface area (TPSA) is 129 Å². The number of nitrogens with zero attached hydrogens (tertiary/aromatic N) is 10. The van der Waals surface area contributed by atoms with Gasteiger partial charge in [0.25, 0.3) is 8.07 Å². The van der Waals surface area contributed by atoms with E-state index in [1.807, 2.05) is 104 Å². The second-order valence-corrected chi connectivity index (χ2v) is 14.7. The third-order valence-corrected chi connectivity index (χ3v) is 12.4. The van der Waals surface area contributed by atoms with Gasteiger partial charge in [0.1, 0.15) is 12.0 Å². The van der Waals surface area contributed by atoms with Gasteiger partial charge in [-0.1, -0.05) is 48.5 Å². The fraction of sp³-hybridized carbons (Fsp3) is 0. The second-order valence-electron chi connectivity index (χ2n) is 11.1. The molecule has 1 unspecified atom stereocenters. The van der Waals surface area contributed by atoms with Crippen LogP contribution in [0.15, 0.2) is 159 Å². The van der Waals surface area contributed by atoms with Gasteiger partial charge in [-0.2, -0.15) is 0 Å². The van der Waals surface area contributed by atoms with E-state index < -0.39 is 8.07 Å². The Morgan fingerprint density at radius 1 is 0.306 bits per heavy atom. The Morgan fingerprint density at radius 3 is 1.57 bits per heavy atom. The van der Waals surface area contributed by atoms with Crippen LogP contribution in [0, 0.1) is 0 Å². The number of benzene rings is 1. The smallest absolute Gasteiger partial charge is 0.264 e. The standard InChI is InChI=1S/C38H26N10Si/c1-2-7-27(8-3-1)33-22-46-37(24-42-33)49(35-13-11-29(20-44-35)28-9-6-16-39-19-28,36-14-12-30(21-45-36)31-10-4-5-17-41-31)38-25-43-34(23-47-38)32-15-18-40-26-48-32/h1-26H. The van der Waals surface area contributed by atoms with E-state index in [0.717, 1.165) is 49.6 Å². The minimum atomic E-state index is -3.43. The first kappa shape index (κ1) is 29.7. The third-order valence-electron chi connectivity index (χ3n) is 8.24. The molecule has 0 aliphatic carbocycles. The lowest BCUT2D eigenvalue weighted by Crippen LogP contribution is -2.77. The molecule has 10 nitrogen and oxygen atoms in total. The summed E-state index contributed by atoms with van der Waals surface area (Å²) in [6, 6.07) is 29.7. The number of pyridine rings is 4. The lowest BCUT2D eigenvalue weighted by Gasteiger charge is -2.29. The van der Waals surface area contributed by atoms with E-state index in [-0.39, 0.29) is 0 Å². The van der Waals surface area contributed by atoms with Gasteiger partial charge in [0.15, 0.2) is 0 Å². The van der Waals surface area contributed by atoms with Crippen molar-refractivity contribution >= 4 is 29.3 Å². The van der Waals surface area contributed by atoms with Crippen molar-refractivity contribution in [3.05, 3.63) is 159 Å². The molecule has 0 saturated carbocycles. The number of hydrogen-bond acceptors (Lipinski definition) is 10. The SMILES string of the molecule is c1ccc(-c2cnc([Si](c3ccc(-c4cccnc4)cn3)(c3ccc(-c4ccccn4)cn3)c3cnc(-c4ccncn4)cn3)cn2)cc1. The number of rotatable bonds is 8. The Morgan fingerprint density at radius 2 is 0.980 bits per heavy atom. The summed E-state index contributed by atoms with van der Waals surface area (Å²) in [6.07, 6.45) is 19.4. The monoisotopic (exact) mass is 650 g/mol. The van der Waals surface area contributed by atoms with Crippen molar-refractivity contribution in [2.75, 3.05) is 0 Å². The molecule has 0 amide bonds. The van der Waals surface area contributed by atoms with Crippen molar-refractivity contribution in [2.24, 2.45) is 0 Å². The predicted octanol–water partition coefficient (Wildman–Crippen LogP) is 3.68. The quantitative estimate of drug-likeness (QED) is 0.225. The summed E-state index contributed by atoms with van der Waals surface area (Å²) in [6.45, 7) is 0. The molecule has 0 bridgehead atoms. The highest BCUT2D eigenvalue weighted by Gasteiger charge is 2.48. The van der Waals surface area contributed by atoms with Crippen molar-refractivity contribution in [1.82, 2.24) is 49.8 Å². The molecule has 0 fully saturated rings. The Kier molecular flexibility index (Phi) is 7.98. The van der Waals surface area contributed by atoms with Gasteiger partial charge in [0.05, 0.1) is 40.1 Å². The van der Waals surface area contributed by atoms with Crippen molar-refractivity contribution in [1.29, 1.82) is 0 Å². The van der Waals surface area contributed by atoms with Gasteiger partial charge in [0, 0.05) is 82.5 Å². The first-order valence-electron chi connectivity index (χ1n) is 15.5. The van der Waals surface area contributed by atoms with E-state index in [2.05, 4.69) is 26.0 Å². The van der Waals surface area contributed by atoms with Crippen LogP contribution < -0.4 is 21.3 Å². The van der Waals surface area contributed by atoms with Crippen LogP contribution in [0.1, 0.15) is 0 Å². The van der Waals surface area contributed by atoms with Crippen molar-refractivity contribution in [3.8, 4) is 45.0 Å². The van der Waals surface area contributed by atoms with Crippen molar-refractivity contribution in [3.63, 3.8) is 0 Å². The molecule has 1 atom stereocenters. The maximum absolute atomic E-state index is 5.12. The van der Waals surface area contributed by atoms with Crippen LogP contribution in [-0.2, 0) is 0 Å². The van der Waals surface area contributed by atoms with Gasteiger partial charge < -0.3 is 0 Å². The first-order chi connectivity index (χ1) is 24.3. The first-order valence-corrected chi connectivity index (χ1v) is 17.5. The summed E-state index contributed by atoms with van der Waals surface area (Å²) >= 11 is 0. The average Bonchev–Trinajstić information content (AvgIpc) is 3.20. The molecule has 232 valence electrons. The van der Waals surface area contributed by atoms with Crippen LogP contribution in [0.5, 0.6) is 0 Å². The largest absolute Gasteiger partial charge is 0.267 e. The minimum Gasteiger partial charge on any atom is -0.264 e. The molecule has 0 spiro atoms. The summed E-state index contributed by atoms with van der Waals surface area (Å²) in [5.41, 5.74) is 6.65. The lowest BCUT2D eigenvalue weighted by atomic mass is 10.1. The zero-order chi connectivity index (χ0) is 32.9. The molecule has 49 heavy (non-hydrogen) atoms. The van der Waals surface area contributed by atoms with Gasteiger partial charge in [-0.05, 0) is 42.5 Å². The van der Waals surface area contributed by atoms with Gasteiger partial charge in [-0.15, -0.1) is 0 Å². The molecule has 8 rings (SSSR count). The van der Waals surface area contributed by atoms with Crippen LogP contribution >= 0.6 is 0 Å². The summed E-state index contributed by atoms with van der Waals surface area (Å²) < 4.78 is 0. The molecule has 0 radical (unpaired) electrons. The van der Waals surface area contributed by atoms with E-state index in [0.29, 0.717) is 16.7 Å². The van der Waals surface area contributed by atoms with Gasteiger partial charge in [-0.25, -0.2) is 9.97 Å². The van der Waals surface area contributed by atoms with Crippen LogP contribution in [0.3, 0.4) is 0 Å². The number of hydrogen-bond donors (Lipinski definition) is 0. The normalized spacial score (nSPS) is 12.2. The third kappa shape index (κ3) is 5.75. The van der Waals surface area contributed by atoms with Crippen LogP contribution in [0.25, 0.3) is 45.0 Å². The summed E-state index contributed by atoms with van der Waals surface area (Å²) in [7, 11) is -3.43. The molecule has 11 heteroatoms. The van der Waals surface area contributed by atoms with Gasteiger partial charge >= 0.3 is 0 Å². The Hall–Kier alpha value is -6.72. The van der Waals surface area contributed by atoms with E-state index in [4.69, 9.17) is 29.9 Å². The highest BCUT2D eigenvalue weighted by molar-refractivity contribution is 7.18. The molecule has 0 aliphatic heterocycles. The molecule has 7 heterocycles. The van der Waals surface area contributed by atoms with Crippen molar-refractivity contribution < 1.29 is 0 Å². The Balaban J connectivity index is 1.35. The van der Waals surface area contributed by atoms with Crippen molar-refractivity contribution in [2.45, 2.75) is 0 Å². The second kappa shape index (κ2) is 13.2. The zero-order valence-electron chi connectivity index (χ0n) is 26.0. The Labute approximate surface area is 282 Å². The van der Waals surface area contributed by atoms with E-state index >= 15 is 0 Å². The molecule has 0 aliphatic rings. The van der Waals surface area contributed by atoms with Gasteiger partial charge in [-0.3, -0.25) is 39.9 Å². The zero-order valence-corrected chi connectivity index (χ0v) is 27.0.